The number of carbonyl (C=O) groups is 1. The molecular formula is C19H21NO3. The Morgan fingerprint density at radius 1 is 1.09 bits per heavy atom. The van der Waals surface area contributed by atoms with Crippen molar-refractivity contribution in [1.82, 2.24) is 5.32 Å². The number of carbonyl (C=O) groups excluding carboxylic acids is 1. The molecule has 1 N–H and O–H groups in total. The van der Waals surface area contributed by atoms with Crippen LogP contribution in [0, 0.1) is 6.92 Å². The summed E-state index contributed by atoms with van der Waals surface area (Å²) >= 11 is 0. The summed E-state index contributed by atoms with van der Waals surface area (Å²) < 4.78 is 10.6. The lowest BCUT2D eigenvalue weighted by Crippen LogP contribution is -2.20. The van der Waals surface area contributed by atoms with E-state index in [4.69, 9.17) is 9.47 Å². The number of para-hydroxylation sites is 1. The van der Waals surface area contributed by atoms with Crippen molar-refractivity contribution in [3.63, 3.8) is 0 Å². The number of benzene rings is 2. The second-order valence-electron chi connectivity index (χ2n) is 5.11. The molecule has 2 aromatic rings. The van der Waals surface area contributed by atoms with Gasteiger partial charge in [0.15, 0.2) is 0 Å². The van der Waals surface area contributed by atoms with Crippen LogP contribution in [0.2, 0.25) is 0 Å². The zero-order valence-corrected chi connectivity index (χ0v) is 13.6. The van der Waals surface area contributed by atoms with E-state index in [1.807, 2.05) is 49.4 Å². The van der Waals surface area contributed by atoms with E-state index in [-0.39, 0.29) is 5.91 Å². The van der Waals surface area contributed by atoms with Gasteiger partial charge in [0.1, 0.15) is 11.5 Å². The van der Waals surface area contributed by atoms with Gasteiger partial charge in [-0.15, -0.1) is 0 Å². The number of hydrogen-bond donors (Lipinski definition) is 1. The number of ether oxygens (including phenoxy) is 2. The molecule has 0 unspecified atom stereocenters. The van der Waals surface area contributed by atoms with Crippen LogP contribution in [0.1, 0.15) is 16.7 Å². The summed E-state index contributed by atoms with van der Waals surface area (Å²) in [6.07, 6.45) is 3.26. The van der Waals surface area contributed by atoms with Gasteiger partial charge in [-0.25, -0.2) is 0 Å². The summed E-state index contributed by atoms with van der Waals surface area (Å²) in [5.41, 5.74) is 2.92. The van der Waals surface area contributed by atoms with E-state index in [0.29, 0.717) is 6.54 Å². The predicted molar refractivity (Wildman–Crippen MR) is 91.6 cm³/mol. The highest BCUT2D eigenvalue weighted by Crippen LogP contribution is 2.21. The Balaban J connectivity index is 2.01. The molecule has 2 aromatic carbocycles. The van der Waals surface area contributed by atoms with E-state index in [9.17, 15) is 4.79 Å². The molecule has 4 nitrogen and oxygen atoms in total. The zero-order valence-electron chi connectivity index (χ0n) is 13.6. The van der Waals surface area contributed by atoms with Gasteiger partial charge in [-0.05, 0) is 31.2 Å². The van der Waals surface area contributed by atoms with Crippen LogP contribution >= 0.6 is 0 Å². The van der Waals surface area contributed by atoms with Gasteiger partial charge in [0, 0.05) is 23.7 Å². The number of amides is 1. The highest BCUT2D eigenvalue weighted by atomic mass is 16.5. The standard InChI is InChI=1S/C19H21NO3/c1-14-8-10-18(23-3)15(12-14)9-11-19(21)20-13-16-6-4-5-7-17(16)22-2/h4-12H,13H2,1-3H3,(H,20,21). The Labute approximate surface area is 136 Å². The van der Waals surface area contributed by atoms with Crippen LogP contribution in [0.4, 0.5) is 0 Å². The molecule has 0 saturated heterocycles. The van der Waals surface area contributed by atoms with E-state index < -0.39 is 0 Å². The monoisotopic (exact) mass is 311 g/mol. The van der Waals surface area contributed by atoms with Crippen LogP contribution in [0.15, 0.2) is 48.5 Å². The molecule has 2 rings (SSSR count). The molecular weight excluding hydrogens is 290 g/mol. The molecule has 0 aliphatic carbocycles. The van der Waals surface area contributed by atoms with Crippen molar-refractivity contribution in [2.75, 3.05) is 14.2 Å². The molecule has 0 aromatic heterocycles. The number of rotatable bonds is 6. The van der Waals surface area contributed by atoms with Gasteiger partial charge >= 0.3 is 0 Å². The van der Waals surface area contributed by atoms with Crippen molar-refractivity contribution < 1.29 is 14.3 Å². The van der Waals surface area contributed by atoms with Crippen molar-refractivity contribution in [1.29, 1.82) is 0 Å². The number of hydrogen-bond acceptors (Lipinski definition) is 3. The van der Waals surface area contributed by atoms with E-state index >= 15 is 0 Å². The average molecular weight is 311 g/mol. The highest BCUT2D eigenvalue weighted by Gasteiger charge is 2.04. The molecule has 0 saturated carbocycles. The van der Waals surface area contributed by atoms with Crippen molar-refractivity contribution >= 4 is 12.0 Å². The maximum absolute atomic E-state index is 12.0. The average Bonchev–Trinajstić information content (AvgIpc) is 2.58. The zero-order chi connectivity index (χ0) is 16.7. The maximum atomic E-state index is 12.0. The van der Waals surface area contributed by atoms with Gasteiger partial charge in [-0.1, -0.05) is 29.8 Å². The maximum Gasteiger partial charge on any atom is 0.244 e. The van der Waals surface area contributed by atoms with Crippen LogP contribution in [0.3, 0.4) is 0 Å². The fourth-order valence-electron chi connectivity index (χ4n) is 2.24. The van der Waals surface area contributed by atoms with Crippen molar-refractivity contribution in [2.24, 2.45) is 0 Å². The molecule has 0 fully saturated rings. The summed E-state index contributed by atoms with van der Waals surface area (Å²) in [6, 6.07) is 13.4. The summed E-state index contributed by atoms with van der Waals surface area (Å²) in [5, 5.41) is 2.85. The Morgan fingerprint density at radius 3 is 2.57 bits per heavy atom. The summed E-state index contributed by atoms with van der Waals surface area (Å²) in [7, 11) is 3.23. The number of nitrogens with one attached hydrogen (secondary N) is 1. The summed E-state index contributed by atoms with van der Waals surface area (Å²) in [5.74, 6) is 1.33. The summed E-state index contributed by atoms with van der Waals surface area (Å²) in [6.45, 7) is 2.41. The lowest BCUT2D eigenvalue weighted by atomic mass is 10.1. The van der Waals surface area contributed by atoms with Gasteiger partial charge in [0.25, 0.3) is 0 Å². The van der Waals surface area contributed by atoms with Gasteiger partial charge < -0.3 is 14.8 Å². The fraction of sp³-hybridized carbons (Fsp3) is 0.211. The van der Waals surface area contributed by atoms with Gasteiger partial charge in [0.2, 0.25) is 5.91 Å². The third-order valence-electron chi connectivity index (χ3n) is 3.45. The minimum absolute atomic E-state index is 0.167. The first-order valence-corrected chi connectivity index (χ1v) is 7.36. The van der Waals surface area contributed by atoms with Crippen LogP contribution in [0.5, 0.6) is 11.5 Å². The van der Waals surface area contributed by atoms with E-state index in [2.05, 4.69) is 5.32 Å². The first kappa shape index (κ1) is 16.6. The van der Waals surface area contributed by atoms with E-state index in [0.717, 1.165) is 28.2 Å². The van der Waals surface area contributed by atoms with E-state index in [1.54, 1.807) is 20.3 Å². The molecule has 0 heterocycles. The molecule has 0 radical (unpaired) electrons. The van der Waals surface area contributed by atoms with Gasteiger partial charge in [-0.2, -0.15) is 0 Å². The normalized spacial score (nSPS) is 10.6. The smallest absolute Gasteiger partial charge is 0.244 e. The van der Waals surface area contributed by atoms with Crippen LogP contribution in [0.25, 0.3) is 6.08 Å². The first-order chi connectivity index (χ1) is 11.1. The third-order valence-corrected chi connectivity index (χ3v) is 3.45. The van der Waals surface area contributed by atoms with Crippen LogP contribution in [-0.4, -0.2) is 20.1 Å². The van der Waals surface area contributed by atoms with E-state index in [1.165, 1.54) is 6.08 Å². The largest absolute Gasteiger partial charge is 0.496 e. The van der Waals surface area contributed by atoms with Gasteiger partial charge in [-0.3, -0.25) is 4.79 Å². The Morgan fingerprint density at radius 2 is 1.83 bits per heavy atom. The minimum Gasteiger partial charge on any atom is -0.496 e. The molecule has 0 atom stereocenters. The molecule has 120 valence electrons. The number of aryl methyl sites for hydroxylation is 1. The Kier molecular flexibility index (Phi) is 5.80. The molecule has 0 bridgehead atoms. The highest BCUT2D eigenvalue weighted by molar-refractivity contribution is 5.92. The molecule has 4 heteroatoms. The molecule has 1 amide bonds. The lowest BCUT2D eigenvalue weighted by Gasteiger charge is -2.08. The molecule has 0 aliphatic heterocycles. The molecule has 0 spiro atoms. The lowest BCUT2D eigenvalue weighted by molar-refractivity contribution is -0.116. The second-order valence-corrected chi connectivity index (χ2v) is 5.11. The summed E-state index contributed by atoms with van der Waals surface area (Å²) in [4.78, 5) is 12.0. The van der Waals surface area contributed by atoms with Crippen molar-refractivity contribution in [3.8, 4) is 11.5 Å². The second kappa shape index (κ2) is 8.03. The Hall–Kier alpha value is -2.75. The minimum atomic E-state index is -0.167. The van der Waals surface area contributed by atoms with Crippen molar-refractivity contribution in [2.45, 2.75) is 13.5 Å². The third kappa shape index (κ3) is 4.61. The van der Waals surface area contributed by atoms with Crippen LogP contribution in [-0.2, 0) is 11.3 Å². The SMILES string of the molecule is COc1ccc(C)cc1C=CC(=O)NCc1ccccc1OC. The molecule has 0 aliphatic rings. The van der Waals surface area contributed by atoms with Crippen LogP contribution < -0.4 is 14.8 Å². The number of methoxy groups -OCH3 is 2. The predicted octanol–water partition coefficient (Wildman–Crippen LogP) is 3.34. The topological polar surface area (TPSA) is 47.6 Å². The first-order valence-electron chi connectivity index (χ1n) is 7.36. The fourth-order valence-corrected chi connectivity index (χ4v) is 2.24. The van der Waals surface area contributed by atoms with Crippen molar-refractivity contribution in [3.05, 3.63) is 65.2 Å². The van der Waals surface area contributed by atoms with Gasteiger partial charge in [0.05, 0.1) is 14.2 Å². The Bertz CT molecular complexity index is 708. The quantitative estimate of drug-likeness (QED) is 0.832. The molecule has 23 heavy (non-hydrogen) atoms.